The first-order chi connectivity index (χ1) is 9.25. The Morgan fingerprint density at radius 2 is 2.00 bits per heavy atom. The molecule has 3 N–H and O–H groups in total. The summed E-state index contributed by atoms with van der Waals surface area (Å²) in [5, 5.41) is 4.14. The number of aromatic amines is 1. The standard InChI is InChI=1S/C14H15N5/c1-19-12(7-8-17-19)11-9-16-14(18-11)13(15)10-5-3-2-4-6-10/h2-9,13H,15H2,1H3,(H,16,18). The van der Waals surface area contributed by atoms with Crippen molar-refractivity contribution in [3.8, 4) is 11.4 Å². The Hall–Kier alpha value is -2.40. The van der Waals surface area contributed by atoms with Crippen LogP contribution in [-0.2, 0) is 7.05 Å². The first kappa shape index (κ1) is 11.7. The molecule has 5 heteroatoms. The first-order valence-corrected chi connectivity index (χ1v) is 6.09. The molecule has 0 saturated carbocycles. The fraction of sp³-hybridized carbons (Fsp3) is 0.143. The third kappa shape index (κ3) is 2.15. The molecule has 1 aromatic carbocycles. The molecule has 0 radical (unpaired) electrons. The van der Waals surface area contributed by atoms with Gasteiger partial charge >= 0.3 is 0 Å². The summed E-state index contributed by atoms with van der Waals surface area (Å²) in [6.45, 7) is 0. The maximum Gasteiger partial charge on any atom is 0.128 e. The Labute approximate surface area is 111 Å². The second-order valence-electron chi connectivity index (χ2n) is 4.41. The number of H-pyrrole nitrogens is 1. The SMILES string of the molecule is Cn1nccc1-c1cnc(C(N)c2ccccc2)[nH]1. The van der Waals surface area contributed by atoms with Gasteiger partial charge in [-0.05, 0) is 11.6 Å². The van der Waals surface area contributed by atoms with E-state index in [1.165, 1.54) is 0 Å². The minimum absolute atomic E-state index is 0.247. The average Bonchev–Trinajstić information content (AvgIpc) is 3.07. The van der Waals surface area contributed by atoms with Gasteiger partial charge in [0.15, 0.2) is 0 Å². The lowest BCUT2D eigenvalue weighted by Gasteiger charge is -2.08. The molecule has 0 aliphatic heterocycles. The number of benzene rings is 1. The van der Waals surface area contributed by atoms with E-state index in [-0.39, 0.29) is 6.04 Å². The molecule has 2 aromatic heterocycles. The summed E-state index contributed by atoms with van der Waals surface area (Å²) < 4.78 is 1.80. The zero-order valence-electron chi connectivity index (χ0n) is 10.6. The van der Waals surface area contributed by atoms with E-state index in [1.54, 1.807) is 17.1 Å². The van der Waals surface area contributed by atoms with Gasteiger partial charge in [-0.3, -0.25) is 4.68 Å². The highest BCUT2D eigenvalue weighted by molar-refractivity contribution is 5.53. The van der Waals surface area contributed by atoms with Gasteiger partial charge in [0.2, 0.25) is 0 Å². The summed E-state index contributed by atoms with van der Waals surface area (Å²) >= 11 is 0. The maximum absolute atomic E-state index is 6.20. The van der Waals surface area contributed by atoms with Crippen LogP contribution in [0.25, 0.3) is 11.4 Å². The highest BCUT2D eigenvalue weighted by Crippen LogP contribution is 2.21. The van der Waals surface area contributed by atoms with Crippen LogP contribution in [0.15, 0.2) is 48.8 Å². The lowest BCUT2D eigenvalue weighted by atomic mass is 10.1. The molecular weight excluding hydrogens is 238 g/mol. The predicted molar refractivity (Wildman–Crippen MR) is 73.3 cm³/mol. The van der Waals surface area contributed by atoms with E-state index in [1.807, 2.05) is 43.4 Å². The minimum atomic E-state index is -0.247. The van der Waals surface area contributed by atoms with Crippen molar-refractivity contribution in [3.63, 3.8) is 0 Å². The zero-order valence-corrected chi connectivity index (χ0v) is 10.6. The van der Waals surface area contributed by atoms with E-state index in [4.69, 9.17) is 5.73 Å². The third-order valence-electron chi connectivity index (χ3n) is 3.15. The van der Waals surface area contributed by atoms with Crippen molar-refractivity contribution in [3.05, 3.63) is 60.2 Å². The third-order valence-corrected chi connectivity index (χ3v) is 3.15. The van der Waals surface area contributed by atoms with Crippen molar-refractivity contribution in [2.24, 2.45) is 12.8 Å². The first-order valence-electron chi connectivity index (χ1n) is 6.09. The highest BCUT2D eigenvalue weighted by atomic mass is 15.3. The molecule has 96 valence electrons. The number of nitrogens with two attached hydrogens (primary N) is 1. The van der Waals surface area contributed by atoms with Crippen LogP contribution in [-0.4, -0.2) is 19.7 Å². The van der Waals surface area contributed by atoms with Gasteiger partial charge in [-0.25, -0.2) is 4.98 Å². The van der Waals surface area contributed by atoms with Gasteiger partial charge in [0.1, 0.15) is 5.82 Å². The molecule has 0 spiro atoms. The van der Waals surface area contributed by atoms with E-state index < -0.39 is 0 Å². The Morgan fingerprint density at radius 1 is 1.21 bits per heavy atom. The van der Waals surface area contributed by atoms with Crippen LogP contribution in [0.2, 0.25) is 0 Å². The Balaban J connectivity index is 1.92. The molecule has 0 saturated heterocycles. The average molecular weight is 253 g/mol. The molecule has 1 unspecified atom stereocenters. The van der Waals surface area contributed by atoms with Gasteiger partial charge in [-0.2, -0.15) is 5.10 Å². The summed E-state index contributed by atoms with van der Waals surface area (Å²) in [6.07, 6.45) is 3.54. The van der Waals surface area contributed by atoms with Crippen molar-refractivity contribution in [1.82, 2.24) is 19.7 Å². The van der Waals surface area contributed by atoms with Gasteiger partial charge in [-0.1, -0.05) is 30.3 Å². The number of hydrogen-bond acceptors (Lipinski definition) is 3. The van der Waals surface area contributed by atoms with E-state index in [9.17, 15) is 0 Å². The molecule has 3 rings (SSSR count). The minimum Gasteiger partial charge on any atom is -0.339 e. The number of aryl methyl sites for hydroxylation is 1. The van der Waals surface area contributed by atoms with Gasteiger partial charge < -0.3 is 10.7 Å². The summed E-state index contributed by atoms with van der Waals surface area (Å²) in [7, 11) is 1.90. The van der Waals surface area contributed by atoms with E-state index >= 15 is 0 Å². The van der Waals surface area contributed by atoms with Crippen molar-refractivity contribution < 1.29 is 0 Å². The molecule has 0 fully saturated rings. The Morgan fingerprint density at radius 3 is 2.68 bits per heavy atom. The fourth-order valence-electron chi connectivity index (χ4n) is 2.08. The predicted octanol–water partition coefficient (Wildman–Crippen LogP) is 1.86. The van der Waals surface area contributed by atoms with E-state index in [0.717, 1.165) is 22.8 Å². The van der Waals surface area contributed by atoms with Crippen molar-refractivity contribution >= 4 is 0 Å². The fourth-order valence-corrected chi connectivity index (χ4v) is 2.08. The van der Waals surface area contributed by atoms with E-state index in [0.29, 0.717) is 0 Å². The quantitative estimate of drug-likeness (QED) is 0.748. The second kappa shape index (κ2) is 4.70. The van der Waals surface area contributed by atoms with Gasteiger partial charge in [0.25, 0.3) is 0 Å². The number of aromatic nitrogens is 4. The molecule has 3 aromatic rings. The van der Waals surface area contributed by atoms with Crippen molar-refractivity contribution in [2.45, 2.75) is 6.04 Å². The molecule has 0 amide bonds. The zero-order chi connectivity index (χ0) is 13.2. The van der Waals surface area contributed by atoms with Crippen LogP contribution in [0.3, 0.4) is 0 Å². The van der Waals surface area contributed by atoms with Gasteiger partial charge in [0, 0.05) is 13.2 Å². The summed E-state index contributed by atoms with van der Waals surface area (Å²) in [5.41, 5.74) is 9.14. The summed E-state index contributed by atoms with van der Waals surface area (Å²) in [5.74, 6) is 0.752. The Bertz CT molecular complexity index is 668. The highest BCUT2D eigenvalue weighted by Gasteiger charge is 2.13. The molecule has 1 atom stereocenters. The van der Waals surface area contributed by atoms with Crippen molar-refractivity contribution in [2.75, 3.05) is 0 Å². The molecule has 2 heterocycles. The Kier molecular flexibility index (Phi) is 2.89. The van der Waals surface area contributed by atoms with Crippen molar-refractivity contribution in [1.29, 1.82) is 0 Å². The molecule has 19 heavy (non-hydrogen) atoms. The number of hydrogen-bond donors (Lipinski definition) is 2. The lowest BCUT2D eigenvalue weighted by molar-refractivity contribution is 0.770. The number of nitrogens with zero attached hydrogens (tertiary/aromatic N) is 3. The molecule has 0 bridgehead atoms. The van der Waals surface area contributed by atoms with Crippen LogP contribution < -0.4 is 5.73 Å². The lowest BCUT2D eigenvalue weighted by Crippen LogP contribution is -2.13. The summed E-state index contributed by atoms with van der Waals surface area (Å²) in [6, 6.07) is 11.6. The van der Waals surface area contributed by atoms with Crippen LogP contribution in [0.4, 0.5) is 0 Å². The second-order valence-corrected chi connectivity index (χ2v) is 4.41. The monoisotopic (exact) mass is 253 g/mol. The van der Waals surface area contributed by atoms with E-state index in [2.05, 4.69) is 15.1 Å². The largest absolute Gasteiger partial charge is 0.339 e. The molecule has 0 aliphatic carbocycles. The number of imidazole rings is 1. The van der Waals surface area contributed by atoms with Crippen LogP contribution >= 0.6 is 0 Å². The smallest absolute Gasteiger partial charge is 0.128 e. The van der Waals surface area contributed by atoms with Crippen LogP contribution in [0.5, 0.6) is 0 Å². The summed E-state index contributed by atoms with van der Waals surface area (Å²) in [4.78, 5) is 7.63. The van der Waals surface area contributed by atoms with Gasteiger partial charge in [0.05, 0.1) is 23.6 Å². The number of nitrogens with one attached hydrogen (secondary N) is 1. The topological polar surface area (TPSA) is 72.5 Å². The molecule has 0 aliphatic rings. The van der Waals surface area contributed by atoms with Crippen LogP contribution in [0.1, 0.15) is 17.4 Å². The van der Waals surface area contributed by atoms with Crippen LogP contribution in [0, 0.1) is 0 Å². The maximum atomic E-state index is 6.20. The molecule has 5 nitrogen and oxygen atoms in total. The normalized spacial score (nSPS) is 12.5. The number of rotatable bonds is 3. The molecular formula is C14H15N5. The van der Waals surface area contributed by atoms with Gasteiger partial charge in [-0.15, -0.1) is 0 Å².